The summed E-state index contributed by atoms with van der Waals surface area (Å²) in [7, 11) is 0. The Morgan fingerprint density at radius 2 is 1.93 bits per heavy atom. The number of aryl methyl sites for hydroxylation is 2. The molecule has 0 spiro atoms. The third kappa shape index (κ3) is 4.43. The normalized spacial score (nSPS) is 11.1. The summed E-state index contributed by atoms with van der Waals surface area (Å²) in [5.74, 6) is 1.63. The van der Waals surface area contributed by atoms with Crippen molar-refractivity contribution in [2.24, 2.45) is 0 Å². The molecule has 7 nitrogen and oxygen atoms in total. The second kappa shape index (κ2) is 8.00. The Balaban J connectivity index is 1.44. The molecular formula is C21H18N2O5S. The summed E-state index contributed by atoms with van der Waals surface area (Å²) in [4.78, 5) is 11.8. The molecule has 29 heavy (non-hydrogen) atoms. The molecule has 0 saturated carbocycles. The summed E-state index contributed by atoms with van der Waals surface area (Å²) in [6.07, 6.45) is 0. The number of fused-ring (bicyclic) bond motifs is 1. The molecule has 0 aliphatic heterocycles. The predicted octanol–water partition coefficient (Wildman–Crippen LogP) is 4.37. The van der Waals surface area contributed by atoms with Crippen LogP contribution >= 0.6 is 11.8 Å². The number of thioether (sulfide) groups is 1. The molecule has 8 heteroatoms. The number of ether oxygens (including phenoxy) is 1. The second-order valence-corrected chi connectivity index (χ2v) is 7.51. The van der Waals surface area contributed by atoms with Crippen LogP contribution in [0.3, 0.4) is 0 Å². The molecule has 0 amide bonds. The maximum atomic E-state index is 11.8. The van der Waals surface area contributed by atoms with Crippen molar-refractivity contribution in [3.8, 4) is 11.5 Å². The molecule has 2 aromatic carbocycles. The van der Waals surface area contributed by atoms with Crippen molar-refractivity contribution in [1.29, 1.82) is 0 Å². The summed E-state index contributed by atoms with van der Waals surface area (Å²) in [5, 5.41) is 18.7. The molecule has 1 N–H and O–H groups in total. The average molecular weight is 410 g/mol. The van der Waals surface area contributed by atoms with Gasteiger partial charge in [-0.1, -0.05) is 23.9 Å². The molecule has 148 valence electrons. The summed E-state index contributed by atoms with van der Waals surface area (Å²) in [6, 6.07) is 12.1. The Bertz CT molecular complexity index is 1230. The van der Waals surface area contributed by atoms with E-state index in [1.165, 1.54) is 23.9 Å². The van der Waals surface area contributed by atoms with Crippen LogP contribution < -0.4 is 10.4 Å². The van der Waals surface area contributed by atoms with Crippen molar-refractivity contribution in [1.82, 2.24) is 10.2 Å². The molecule has 0 aliphatic rings. The average Bonchev–Trinajstić information content (AvgIpc) is 3.14. The molecular weight excluding hydrogens is 392 g/mol. The standard InChI is InChI=1S/C21H18N2O5S/c1-12-3-4-13(2)17(7-12)26-10-19-22-23-21(28-19)29-11-14-8-20(25)27-18-9-15(24)5-6-16(14)18/h3-9,24H,10-11H2,1-2H3. The van der Waals surface area contributed by atoms with E-state index in [0.29, 0.717) is 22.4 Å². The van der Waals surface area contributed by atoms with E-state index in [4.69, 9.17) is 13.6 Å². The topological polar surface area (TPSA) is 98.6 Å². The van der Waals surface area contributed by atoms with Gasteiger partial charge in [0.2, 0.25) is 0 Å². The monoisotopic (exact) mass is 410 g/mol. The van der Waals surface area contributed by atoms with Gasteiger partial charge in [-0.2, -0.15) is 0 Å². The number of hydrogen-bond acceptors (Lipinski definition) is 8. The van der Waals surface area contributed by atoms with Crippen LogP contribution in [0.1, 0.15) is 22.6 Å². The number of hydrogen-bond donors (Lipinski definition) is 1. The maximum Gasteiger partial charge on any atom is 0.336 e. The maximum absolute atomic E-state index is 11.8. The molecule has 4 rings (SSSR count). The number of phenolic OH excluding ortho intramolecular Hbond substituents is 1. The Labute approximate surface area is 170 Å². The van der Waals surface area contributed by atoms with Gasteiger partial charge in [0, 0.05) is 23.3 Å². The number of phenols is 1. The third-order valence-electron chi connectivity index (χ3n) is 4.31. The number of aromatic hydroxyl groups is 1. The van der Waals surface area contributed by atoms with Crippen LogP contribution in [-0.4, -0.2) is 15.3 Å². The first-order chi connectivity index (χ1) is 14.0. The lowest BCUT2D eigenvalue weighted by Gasteiger charge is -2.07. The van der Waals surface area contributed by atoms with Gasteiger partial charge in [-0.3, -0.25) is 0 Å². The summed E-state index contributed by atoms with van der Waals surface area (Å²) in [6.45, 7) is 4.16. The molecule has 2 heterocycles. The zero-order valence-electron chi connectivity index (χ0n) is 15.8. The lowest BCUT2D eigenvalue weighted by molar-refractivity contribution is 0.250. The van der Waals surface area contributed by atoms with Gasteiger partial charge in [-0.05, 0) is 48.7 Å². The van der Waals surface area contributed by atoms with E-state index in [2.05, 4.69) is 10.2 Å². The molecule has 0 fully saturated rings. The van der Waals surface area contributed by atoms with Crippen LogP contribution in [0.5, 0.6) is 11.5 Å². The minimum absolute atomic E-state index is 0.0378. The van der Waals surface area contributed by atoms with Crippen LogP contribution in [-0.2, 0) is 12.4 Å². The van der Waals surface area contributed by atoms with Crippen LogP contribution in [0.15, 0.2) is 61.3 Å². The van der Waals surface area contributed by atoms with Crippen molar-refractivity contribution in [2.45, 2.75) is 31.4 Å². The van der Waals surface area contributed by atoms with E-state index < -0.39 is 5.63 Å². The fraction of sp³-hybridized carbons (Fsp3) is 0.190. The third-order valence-corrected chi connectivity index (χ3v) is 5.18. The molecule has 0 unspecified atom stereocenters. The van der Waals surface area contributed by atoms with E-state index in [1.54, 1.807) is 12.1 Å². The van der Waals surface area contributed by atoms with Crippen molar-refractivity contribution in [3.05, 3.63) is 75.5 Å². The minimum atomic E-state index is -0.480. The molecule has 0 radical (unpaired) electrons. The lowest BCUT2D eigenvalue weighted by atomic mass is 10.1. The van der Waals surface area contributed by atoms with Gasteiger partial charge in [0.15, 0.2) is 6.61 Å². The lowest BCUT2D eigenvalue weighted by Crippen LogP contribution is -1.99. The number of aromatic nitrogens is 2. The fourth-order valence-corrected chi connectivity index (χ4v) is 3.61. The first kappa shape index (κ1) is 19.1. The highest BCUT2D eigenvalue weighted by molar-refractivity contribution is 7.98. The Kier molecular flexibility index (Phi) is 5.26. The Hall–Kier alpha value is -3.26. The molecule has 0 atom stereocenters. The summed E-state index contributed by atoms with van der Waals surface area (Å²) < 4.78 is 16.6. The predicted molar refractivity (Wildman–Crippen MR) is 108 cm³/mol. The van der Waals surface area contributed by atoms with E-state index >= 15 is 0 Å². The smallest absolute Gasteiger partial charge is 0.336 e. The highest BCUT2D eigenvalue weighted by atomic mass is 32.2. The molecule has 0 aliphatic carbocycles. The highest BCUT2D eigenvalue weighted by Gasteiger charge is 2.12. The SMILES string of the molecule is Cc1ccc(C)c(OCc2nnc(SCc3cc(=O)oc4cc(O)ccc34)o2)c1. The van der Waals surface area contributed by atoms with Crippen molar-refractivity contribution < 1.29 is 18.7 Å². The Morgan fingerprint density at radius 1 is 1.07 bits per heavy atom. The van der Waals surface area contributed by atoms with Gasteiger partial charge in [-0.25, -0.2) is 4.79 Å². The van der Waals surface area contributed by atoms with E-state index in [0.717, 1.165) is 27.8 Å². The van der Waals surface area contributed by atoms with E-state index in [9.17, 15) is 9.90 Å². The Morgan fingerprint density at radius 3 is 2.79 bits per heavy atom. The van der Waals surface area contributed by atoms with Crippen LogP contribution in [0.2, 0.25) is 0 Å². The summed E-state index contributed by atoms with van der Waals surface area (Å²) in [5.41, 5.74) is 2.76. The van der Waals surface area contributed by atoms with Crippen molar-refractivity contribution in [2.75, 3.05) is 0 Å². The number of benzene rings is 2. The molecule has 0 bridgehead atoms. The van der Waals surface area contributed by atoms with E-state index in [1.807, 2.05) is 32.0 Å². The van der Waals surface area contributed by atoms with Gasteiger partial charge in [0.25, 0.3) is 11.1 Å². The van der Waals surface area contributed by atoms with Gasteiger partial charge >= 0.3 is 5.63 Å². The molecule has 0 saturated heterocycles. The van der Waals surface area contributed by atoms with E-state index in [-0.39, 0.29) is 12.4 Å². The quantitative estimate of drug-likeness (QED) is 0.370. The van der Waals surface area contributed by atoms with Crippen LogP contribution in [0, 0.1) is 13.8 Å². The zero-order valence-corrected chi connectivity index (χ0v) is 16.7. The molecule has 4 aromatic rings. The first-order valence-electron chi connectivity index (χ1n) is 8.89. The largest absolute Gasteiger partial charge is 0.508 e. The summed E-state index contributed by atoms with van der Waals surface area (Å²) >= 11 is 1.31. The number of rotatable bonds is 6. The van der Waals surface area contributed by atoms with Crippen LogP contribution in [0.25, 0.3) is 11.0 Å². The fourth-order valence-electron chi connectivity index (χ4n) is 2.83. The van der Waals surface area contributed by atoms with Crippen LogP contribution in [0.4, 0.5) is 0 Å². The molecule has 2 aromatic heterocycles. The van der Waals surface area contributed by atoms with Crippen molar-refractivity contribution >= 4 is 22.7 Å². The first-order valence-corrected chi connectivity index (χ1v) is 9.87. The minimum Gasteiger partial charge on any atom is -0.508 e. The van der Waals surface area contributed by atoms with Gasteiger partial charge in [-0.15, -0.1) is 10.2 Å². The number of nitrogens with zero attached hydrogens (tertiary/aromatic N) is 2. The van der Waals surface area contributed by atoms with Gasteiger partial charge < -0.3 is 18.7 Å². The highest BCUT2D eigenvalue weighted by Crippen LogP contribution is 2.28. The van der Waals surface area contributed by atoms with Gasteiger partial charge in [0.1, 0.15) is 17.1 Å². The zero-order chi connectivity index (χ0) is 20.4. The van der Waals surface area contributed by atoms with Crippen molar-refractivity contribution in [3.63, 3.8) is 0 Å². The van der Waals surface area contributed by atoms with Gasteiger partial charge in [0.05, 0.1) is 0 Å². The second-order valence-electron chi connectivity index (χ2n) is 6.58.